The molecule has 27 heavy (non-hydrogen) atoms. The summed E-state index contributed by atoms with van der Waals surface area (Å²) in [6.45, 7) is 8.69. The zero-order valence-corrected chi connectivity index (χ0v) is 17.2. The molecule has 1 amide bonds. The average Bonchev–Trinajstić information content (AvgIpc) is 2.95. The van der Waals surface area contributed by atoms with Crippen LogP contribution < -0.4 is 21.9 Å². The molecule has 0 atom stereocenters. The fraction of sp³-hybridized carbons (Fsp3) is 0.526. The van der Waals surface area contributed by atoms with Crippen LogP contribution in [-0.4, -0.2) is 22.0 Å². The third-order valence-corrected chi connectivity index (χ3v) is 5.72. The number of thiophene rings is 1. The van der Waals surface area contributed by atoms with Crippen molar-refractivity contribution in [3.8, 4) is 0 Å². The Kier molecular flexibility index (Phi) is 7.01. The van der Waals surface area contributed by atoms with Crippen molar-refractivity contribution in [1.82, 2.24) is 9.55 Å². The molecule has 3 N–H and O–H groups in total. The molecule has 0 unspecified atom stereocenters. The van der Waals surface area contributed by atoms with Crippen molar-refractivity contribution in [2.45, 2.75) is 59.9 Å². The molecule has 0 saturated carbocycles. The number of hydrogen-bond donors (Lipinski definition) is 2. The van der Waals surface area contributed by atoms with Crippen molar-refractivity contribution in [2.75, 3.05) is 17.2 Å². The molecule has 0 aromatic carbocycles. The molecule has 0 bridgehead atoms. The number of hydrogen-bond acceptors (Lipinski definition) is 5. The molecule has 0 aliphatic carbocycles. The predicted octanol–water partition coefficient (Wildman–Crippen LogP) is 3.04. The minimum Gasteiger partial charge on any atom is -0.383 e. The van der Waals surface area contributed by atoms with Gasteiger partial charge in [-0.3, -0.25) is 24.0 Å². The zero-order chi connectivity index (χ0) is 20.1. The molecular weight excluding hydrogens is 364 g/mol. The Morgan fingerprint density at radius 2 is 1.89 bits per heavy atom. The molecule has 2 heterocycles. The lowest BCUT2D eigenvalue weighted by Gasteiger charge is -2.24. The first-order valence-electron chi connectivity index (χ1n) is 9.33. The van der Waals surface area contributed by atoms with E-state index < -0.39 is 11.2 Å². The van der Waals surface area contributed by atoms with E-state index in [1.807, 2.05) is 33.8 Å². The second-order valence-corrected chi connectivity index (χ2v) is 7.91. The normalized spacial score (nSPS) is 11.0. The lowest BCUT2D eigenvalue weighted by Crippen LogP contribution is -2.41. The van der Waals surface area contributed by atoms with Gasteiger partial charge < -0.3 is 5.73 Å². The second-order valence-electron chi connectivity index (χ2n) is 6.66. The third kappa shape index (κ3) is 4.50. The molecular formula is C19H28N4O3S. The van der Waals surface area contributed by atoms with Gasteiger partial charge in [-0.25, -0.2) is 4.79 Å². The molecule has 2 aromatic rings. The minimum atomic E-state index is -0.625. The van der Waals surface area contributed by atoms with Crippen LogP contribution in [0.1, 0.15) is 59.6 Å². The number of unbranched alkanes of at least 4 members (excludes halogenated alkanes) is 2. The summed E-state index contributed by atoms with van der Waals surface area (Å²) >= 11 is 1.40. The highest BCUT2D eigenvalue weighted by molar-refractivity contribution is 7.14. The van der Waals surface area contributed by atoms with Gasteiger partial charge in [0, 0.05) is 18.0 Å². The summed E-state index contributed by atoms with van der Waals surface area (Å²) < 4.78 is 1.34. The van der Waals surface area contributed by atoms with Gasteiger partial charge in [0.05, 0.1) is 4.88 Å². The first-order chi connectivity index (χ1) is 12.8. The standard InChI is InChI=1S/C19H28N4O3S/c1-5-7-9-22(18(25)14-11-12(3)13(4)27-14)15-16(20)23(10-8-6-2)19(26)21-17(15)24/h11H,5-10,20H2,1-4H3,(H,21,24,26). The fourth-order valence-electron chi connectivity index (χ4n) is 2.82. The number of nitrogens with two attached hydrogens (primary N) is 1. The van der Waals surface area contributed by atoms with E-state index >= 15 is 0 Å². The van der Waals surface area contributed by atoms with E-state index in [1.165, 1.54) is 20.8 Å². The van der Waals surface area contributed by atoms with Crippen LogP contribution in [0.5, 0.6) is 0 Å². The lowest BCUT2D eigenvalue weighted by molar-refractivity contribution is 0.0990. The van der Waals surface area contributed by atoms with Crippen LogP contribution in [0.2, 0.25) is 0 Å². The van der Waals surface area contributed by atoms with Crippen LogP contribution in [0.3, 0.4) is 0 Å². The number of aromatic amines is 1. The molecule has 148 valence electrons. The highest BCUT2D eigenvalue weighted by Crippen LogP contribution is 2.26. The van der Waals surface area contributed by atoms with Crippen LogP contribution in [0.25, 0.3) is 0 Å². The van der Waals surface area contributed by atoms with Crippen LogP contribution >= 0.6 is 11.3 Å². The van der Waals surface area contributed by atoms with Crippen molar-refractivity contribution in [3.63, 3.8) is 0 Å². The first-order valence-corrected chi connectivity index (χ1v) is 10.1. The number of aryl methyl sites for hydroxylation is 2. The summed E-state index contributed by atoms with van der Waals surface area (Å²) in [6, 6.07) is 1.83. The molecule has 0 fully saturated rings. The summed E-state index contributed by atoms with van der Waals surface area (Å²) in [6.07, 6.45) is 3.22. The maximum Gasteiger partial charge on any atom is 0.330 e. The van der Waals surface area contributed by atoms with Crippen LogP contribution in [-0.2, 0) is 6.54 Å². The second kappa shape index (κ2) is 9.03. The van der Waals surface area contributed by atoms with E-state index in [0.717, 1.165) is 36.1 Å². The van der Waals surface area contributed by atoms with Gasteiger partial charge in [-0.1, -0.05) is 26.7 Å². The van der Waals surface area contributed by atoms with Gasteiger partial charge in [-0.15, -0.1) is 11.3 Å². The van der Waals surface area contributed by atoms with E-state index in [1.54, 1.807) is 0 Å². The van der Waals surface area contributed by atoms with Gasteiger partial charge in [0.2, 0.25) is 0 Å². The number of nitrogens with one attached hydrogen (secondary N) is 1. The SMILES string of the molecule is CCCCN(C(=O)c1cc(C)c(C)s1)c1c(N)n(CCCC)c(=O)[nH]c1=O. The monoisotopic (exact) mass is 392 g/mol. The van der Waals surface area contributed by atoms with Gasteiger partial charge in [0.25, 0.3) is 11.5 Å². The number of nitrogen functional groups attached to an aromatic ring is 1. The van der Waals surface area contributed by atoms with Crippen LogP contribution in [0.4, 0.5) is 11.5 Å². The van der Waals surface area contributed by atoms with E-state index in [4.69, 9.17) is 5.73 Å². The number of anilines is 2. The Morgan fingerprint density at radius 3 is 2.44 bits per heavy atom. The fourth-order valence-corrected chi connectivity index (χ4v) is 3.80. The molecule has 2 rings (SSSR count). The highest BCUT2D eigenvalue weighted by atomic mass is 32.1. The summed E-state index contributed by atoms with van der Waals surface area (Å²) in [7, 11) is 0. The molecule has 0 aliphatic heterocycles. The van der Waals surface area contributed by atoms with E-state index in [2.05, 4.69) is 4.98 Å². The number of aromatic nitrogens is 2. The third-order valence-electron chi connectivity index (χ3n) is 4.58. The Labute approximate surface area is 162 Å². The van der Waals surface area contributed by atoms with Gasteiger partial charge in [-0.2, -0.15) is 0 Å². The predicted molar refractivity (Wildman–Crippen MR) is 111 cm³/mol. The number of carbonyl (C=O) groups is 1. The molecule has 2 aromatic heterocycles. The molecule has 7 nitrogen and oxygen atoms in total. The lowest BCUT2D eigenvalue weighted by atomic mass is 10.2. The molecule has 0 saturated heterocycles. The number of rotatable bonds is 8. The number of carbonyl (C=O) groups excluding carboxylic acids is 1. The first kappa shape index (κ1) is 21.0. The Morgan fingerprint density at radius 1 is 1.22 bits per heavy atom. The van der Waals surface area contributed by atoms with Crippen LogP contribution in [0, 0.1) is 13.8 Å². The Bertz CT molecular complexity index is 907. The van der Waals surface area contributed by atoms with Gasteiger partial charge in [-0.05, 0) is 38.3 Å². The van der Waals surface area contributed by atoms with E-state index in [9.17, 15) is 14.4 Å². The van der Waals surface area contributed by atoms with Crippen molar-refractivity contribution in [2.24, 2.45) is 0 Å². The van der Waals surface area contributed by atoms with E-state index in [0.29, 0.717) is 18.0 Å². The summed E-state index contributed by atoms with van der Waals surface area (Å²) in [5.74, 6) is -0.214. The molecule has 0 spiro atoms. The highest BCUT2D eigenvalue weighted by Gasteiger charge is 2.26. The summed E-state index contributed by atoms with van der Waals surface area (Å²) in [5.41, 5.74) is 6.13. The minimum absolute atomic E-state index is 0.0478. The Balaban J connectivity index is 2.57. The number of nitrogens with zero attached hydrogens (tertiary/aromatic N) is 2. The van der Waals surface area contributed by atoms with Gasteiger partial charge in [0.1, 0.15) is 5.82 Å². The number of H-pyrrole nitrogens is 1. The number of amides is 1. The smallest absolute Gasteiger partial charge is 0.330 e. The maximum atomic E-state index is 13.2. The summed E-state index contributed by atoms with van der Waals surface area (Å²) in [5, 5.41) is 0. The molecule has 0 radical (unpaired) electrons. The Hall–Kier alpha value is -2.35. The molecule has 8 heteroatoms. The topological polar surface area (TPSA) is 101 Å². The van der Waals surface area contributed by atoms with Gasteiger partial charge >= 0.3 is 5.69 Å². The van der Waals surface area contributed by atoms with Crippen molar-refractivity contribution in [1.29, 1.82) is 0 Å². The van der Waals surface area contributed by atoms with Gasteiger partial charge in [0.15, 0.2) is 5.69 Å². The largest absolute Gasteiger partial charge is 0.383 e. The quantitative estimate of drug-likeness (QED) is 0.721. The van der Waals surface area contributed by atoms with Crippen molar-refractivity contribution < 1.29 is 4.79 Å². The van der Waals surface area contributed by atoms with E-state index in [-0.39, 0.29) is 17.4 Å². The summed E-state index contributed by atoms with van der Waals surface area (Å²) in [4.78, 5) is 43.3. The average molecular weight is 393 g/mol. The maximum absolute atomic E-state index is 13.2. The van der Waals surface area contributed by atoms with Crippen LogP contribution in [0.15, 0.2) is 15.7 Å². The van der Waals surface area contributed by atoms with Crippen molar-refractivity contribution in [3.05, 3.63) is 42.2 Å². The molecule has 0 aliphatic rings. The van der Waals surface area contributed by atoms with Crippen molar-refractivity contribution >= 4 is 28.7 Å². The zero-order valence-electron chi connectivity index (χ0n) is 16.4.